The van der Waals surface area contributed by atoms with Gasteiger partial charge in [-0.3, -0.25) is 4.98 Å². The van der Waals surface area contributed by atoms with E-state index in [2.05, 4.69) is 4.98 Å². The van der Waals surface area contributed by atoms with Crippen LogP contribution < -0.4 is 0 Å². The average molecular weight is 394 g/mol. The number of aryl methyl sites for hydroxylation is 2. The second-order valence-corrected chi connectivity index (χ2v) is 8.97. The van der Waals surface area contributed by atoms with Crippen LogP contribution in [-0.4, -0.2) is 19.7 Å². The van der Waals surface area contributed by atoms with Gasteiger partial charge in [-0.25, -0.2) is 8.42 Å². The van der Waals surface area contributed by atoms with Crippen LogP contribution in [0.1, 0.15) is 22.4 Å². The largest absolute Gasteiger partial charge is 0.251 e. The Morgan fingerprint density at radius 3 is 2.40 bits per heavy atom. The van der Waals surface area contributed by atoms with Gasteiger partial charge in [-0.05, 0) is 48.7 Å². The van der Waals surface area contributed by atoms with Crippen molar-refractivity contribution in [2.75, 3.05) is 6.26 Å². The molecular weight excluding hydrogens is 377 g/mol. The zero-order valence-corrected chi connectivity index (χ0v) is 16.4. The second kappa shape index (κ2) is 6.60. The molecule has 6 heteroatoms. The number of aromatic nitrogens is 1. The van der Waals surface area contributed by atoms with Crippen molar-refractivity contribution < 1.29 is 8.42 Å². The summed E-state index contributed by atoms with van der Waals surface area (Å²) >= 11 is 12.6. The topological polar surface area (TPSA) is 47.0 Å². The quantitative estimate of drug-likeness (QED) is 0.617. The Kier molecular flexibility index (Phi) is 4.80. The number of sulfone groups is 1. The predicted octanol–water partition coefficient (Wildman–Crippen LogP) is 5.15. The summed E-state index contributed by atoms with van der Waals surface area (Å²) in [7, 11) is -3.28. The highest BCUT2D eigenvalue weighted by Crippen LogP contribution is 2.31. The zero-order valence-electron chi connectivity index (χ0n) is 14.1. The highest BCUT2D eigenvalue weighted by atomic mass is 35.5. The third kappa shape index (κ3) is 3.52. The molecule has 0 aliphatic rings. The van der Waals surface area contributed by atoms with Crippen LogP contribution in [0.2, 0.25) is 10.0 Å². The number of para-hydroxylation sites is 1. The van der Waals surface area contributed by atoms with Gasteiger partial charge in [-0.15, -0.1) is 0 Å². The molecule has 0 amide bonds. The SMILES string of the molecule is Cc1nc2c(Cl)cccc2c(C)c1Cc1ccc(S(C)(=O)=O)cc1Cl. The minimum Gasteiger partial charge on any atom is -0.251 e. The number of nitrogens with zero attached hydrogens (tertiary/aromatic N) is 1. The normalized spacial score (nSPS) is 11.9. The lowest BCUT2D eigenvalue weighted by molar-refractivity contribution is 0.602. The number of hydrogen-bond acceptors (Lipinski definition) is 3. The molecule has 1 aromatic heterocycles. The van der Waals surface area contributed by atoms with Crippen LogP contribution in [0.25, 0.3) is 10.9 Å². The van der Waals surface area contributed by atoms with E-state index in [0.717, 1.165) is 33.3 Å². The Bertz CT molecular complexity index is 1090. The van der Waals surface area contributed by atoms with E-state index in [1.54, 1.807) is 12.1 Å². The van der Waals surface area contributed by atoms with Gasteiger partial charge in [0, 0.05) is 28.8 Å². The lowest BCUT2D eigenvalue weighted by atomic mass is 9.96. The van der Waals surface area contributed by atoms with Crippen molar-refractivity contribution in [1.82, 2.24) is 4.98 Å². The Morgan fingerprint density at radius 1 is 1.04 bits per heavy atom. The molecule has 130 valence electrons. The Labute approximate surface area is 157 Å². The third-order valence-corrected chi connectivity index (χ3v) is 6.15. The number of hydrogen-bond donors (Lipinski definition) is 0. The predicted molar refractivity (Wildman–Crippen MR) is 104 cm³/mol. The van der Waals surface area contributed by atoms with Crippen molar-refractivity contribution in [3.63, 3.8) is 0 Å². The molecule has 0 aliphatic carbocycles. The molecule has 0 spiro atoms. The fourth-order valence-electron chi connectivity index (χ4n) is 2.95. The molecular formula is C19H17Cl2NO2S. The van der Waals surface area contributed by atoms with Crippen LogP contribution >= 0.6 is 23.2 Å². The molecule has 1 heterocycles. The Morgan fingerprint density at radius 2 is 1.76 bits per heavy atom. The number of pyridine rings is 1. The molecule has 3 aromatic rings. The Hall–Kier alpha value is -1.62. The molecule has 0 atom stereocenters. The first kappa shape index (κ1) is 18.2. The van der Waals surface area contributed by atoms with Crippen LogP contribution in [0.4, 0.5) is 0 Å². The van der Waals surface area contributed by atoms with Gasteiger partial charge in [0.1, 0.15) is 0 Å². The van der Waals surface area contributed by atoms with Gasteiger partial charge < -0.3 is 0 Å². The third-order valence-electron chi connectivity index (χ3n) is 4.38. The summed E-state index contributed by atoms with van der Waals surface area (Å²) in [5, 5.41) is 2.08. The molecule has 3 nitrogen and oxygen atoms in total. The molecule has 0 aliphatic heterocycles. The standard InChI is InChI=1S/C19H17Cl2NO2S/c1-11-15-5-4-6-17(20)19(15)22-12(2)16(11)9-13-7-8-14(10-18(13)21)25(3,23)24/h4-8,10H,9H2,1-3H3. The van der Waals surface area contributed by atoms with E-state index < -0.39 is 9.84 Å². The molecule has 0 saturated carbocycles. The average Bonchev–Trinajstić information content (AvgIpc) is 2.53. The van der Waals surface area contributed by atoms with Crippen molar-refractivity contribution in [1.29, 1.82) is 0 Å². The first-order chi connectivity index (χ1) is 11.7. The molecule has 0 unspecified atom stereocenters. The summed E-state index contributed by atoms with van der Waals surface area (Å²) in [4.78, 5) is 4.87. The van der Waals surface area contributed by atoms with E-state index in [1.165, 1.54) is 12.3 Å². The summed E-state index contributed by atoms with van der Waals surface area (Å²) in [5.74, 6) is 0. The molecule has 0 fully saturated rings. The summed E-state index contributed by atoms with van der Waals surface area (Å²) in [6, 6.07) is 10.6. The van der Waals surface area contributed by atoms with E-state index in [-0.39, 0.29) is 4.90 Å². The van der Waals surface area contributed by atoms with E-state index in [9.17, 15) is 8.42 Å². The van der Waals surface area contributed by atoms with Gasteiger partial charge in [0.25, 0.3) is 0 Å². The molecule has 0 bridgehead atoms. The fourth-order valence-corrected chi connectivity index (χ4v) is 4.13. The maximum Gasteiger partial charge on any atom is 0.175 e. The molecule has 0 saturated heterocycles. The maximum atomic E-state index is 11.7. The monoisotopic (exact) mass is 393 g/mol. The van der Waals surface area contributed by atoms with Crippen LogP contribution in [0, 0.1) is 13.8 Å². The molecule has 0 N–H and O–H groups in total. The van der Waals surface area contributed by atoms with Gasteiger partial charge in [0.2, 0.25) is 0 Å². The first-order valence-corrected chi connectivity index (χ1v) is 10.4. The van der Waals surface area contributed by atoms with Gasteiger partial charge >= 0.3 is 0 Å². The van der Waals surface area contributed by atoms with Crippen molar-refractivity contribution in [2.45, 2.75) is 25.2 Å². The van der Waals surface area contributed by atoms with E-state index in [4.69, 9.17) is 23.2 Å². The van der Waals surface area contributed by atoms with Gasteiger partial charge in [-0.2, -0.15) is 0 Å². The lowest BCUT2D eigenvalue weighted by Gasteiger charge is -2.14. The molecule has 2 aromatic carbocycles. The van der Waals surface area contributed by atoms with Crippen LogP contribution in [0.3, 0.4) is 0 Å². The van der Waals surface area contributed by atoms with Gasteiger partial charge in [0.15, 0.2) is 9.84 Å². The van der Waals surface area contributed by atoms with Crippen molar-refractivity contribution in [3.05, 3.63) is 68.8 Å². The fraction of sp³-hybridized carbons (Fsp3) is 0.211. The van der Waals surface area contributed by atoms with Gasteiger partial charge in [0.05, 0.1) is 15.4 Å². The Balaban J connectivity index is 2.10. The first-order valence-electron chi connectivity index (χ1n) is 7.71. The number of rotatable bonds is 3. The number of fused-ring (bicyclic) bond motifs is 1. The van der Waals surface area contributed by atoms with Crippen molar-refractivity contribution >= 4 is 43.9 Å². The van der Waals surface area contributed by atoms with Crippen LogP contribution in [0.5, 0.6) is 0 Å². The molecule has 0 radical (unpaired) electrons. The van der Waals surface area contributed by atoms with Gasteiger partial charge in [-0.1, -0.05) is 41.4 Å². The van der Waals surface area contributed by atoms with Crippen LogP contribution in [-0.2, 0) is 16.3 Å². The highest BCUT2D eigenvalue weighted by molar-refractivity contribution is 7.90. The van der Waals surface area contributed by atoms with Crippen molar-refractivity contribution in [3.8, 4) is 0 Å². The van der Waals surface area contributed by atoms with E-state index in [0.29, 0.717) is 16.5 Å². The minimum atomic E-state index is -3.28. The summed E-state index contributed by atoms with van der Waals surface area (Å²) in [5.41, 5.74) is 4.73. The molecule has 25 heavy (non-hydrogen) atoms. The highest BCUT2D eigenvalue weighted by Gasteiger charge is 2.15. The van der Waals surface area contributed by atoms with E-state index >= 15 is 0 Å². The zero-order chi connectivity index (χ0) is 18.4. The minimum absolute atomic E-state index is 0.220. The summed E-state index contributed by atoms with van der Waals surface area (Å²) < 4.78 is 23.3. The summed E-state index contributed by atoms with van der Waals surface area (Å²) in [6.45, 7) is 3.99. The second-order valence-electron chi connectivity index (χ2n) is 6.14. The van der Waals surface area contributed by atoms with E-state index in [1.807, 2.05) is 32.0 Å². The number of benzene rings is 2. The smallest absolute Gasteiger partial charge is 0.175 e. The van der Waals surface area contributed by atoms with Crippen LogP contribution in [0.15, 0.2) is 41.3 Å². The molecule has 3 rings (SSSR count). The summed E-state index contributed by atoms with van der Waals surface area (Å²) in [6.07, 6.45) is 1.75. The maximum absolute atomic E-state index is 11.7. The lowest BCUT2D eigenvalue weighted by Crippen LogP contribution is -2.02. The number of halogens is 2. The van der Waals surface area contributed by atoms with Crippen molar-refractivity contribution in [2.24, 2.45) is 0 Å².